The SMILES string of the molecule is C=C1c2c(oc3ccc(OC4CC(O)C(O)C(C)O4)cc3c2=O)C(=O)c2ccc3cc4c(c(O)c3c21)C(=O)N1C(C)(C4)OC(=O)C1(C)CO. The van der Waals surface area contributed by atoms with E-state index in [1.54, 1.807) is 26.0 Å². The van der Waals surface area contributed by atoms with Crippen molar-refractivity contribution in [2.24, 2.45) is 0 Å². The van der Waals surface area contributed by atoms with Gasteiger partial charge in [-0.3, -0.25) is 19.3 Å². The second kappa shape index (κ2) is 10.2. The zero-order valence-electron chi connectivity index (χ0n) is 26.6. The number of carbonyl (C=O) groups is 3. The van der Waals surface area contributed by atoms with Crippen molar-refractivity contribution in [1.82, 2.24) is 4.90 Å². The van der Waals surface area contributed by atoms with Crippen LogP contribution in [0.5, 0.6) is 11.5 Å². The van der Waals surface area contributed by atoms with Crippen molar-refractivity contribution in [3.05, 3.63) is 86.8 Å². The first-order valence-corrected chi connectivity index (χ1v) is 15.7. The average molecular weight is 670 g/mol. The monoisotopic (exact) mass is 669 g/mol. The van der Waals surface area contributed by atoms with Crippen LogP contribution in [0.15, 0.2) is 52.2 Å². The van der Waals surface area contributed by atoms with Crippen LogP contribution in [0.25, 0.3) is 27.3 Å². The summed E-state index contributed by atoms with van der Waals surface area (Å²) in [5.74, 6) is -2.64. The number of nitrogens with zero attached hydrogens (tertiary/aromatic N) is 1. The van der Waals surface area contributed by atoms with E-state index in [0.29, 0.717) is 10.9 Å². The molecule has 0 saturated carbocycles. The molecule has 4 heterocycles. The van der Waals surface area contributed by atoms with Gasteiger partial charge in [0.05, 0.1) is 35.3 Å². The Morgan fingerprint density at radius 2 is 1.80 bits per heavy atom. The highest BCUT2D eigenvalue weighted by Crippen LogP contribution is 2.49. The zero-order chi connectivity index (χ0) is 34.9. The molecule has 6 atom stereocenters. The number of aromatic hydroxyl groups is 1. The minimum absolute atomic E-state index is 0.00717. The van der Waals surface area contributed by atoms with Gasteiger partial charge in [-0.25, -0.2) is 4.79 Å². The summed E-state index contributed by atoms with van der Waals surface area (Å²) in [4.78, 5) is 56.1. The van der Waals surface area contributed by atoms with E-state index in [1.165, 1.54) is 31.2 Å². The van der Waals surface area contributed by atoms with Crippen LogP contribution in [0.2, 0.25) is 0 Å². The van der Waals surface area contributed by atoms with Crippen LogP contribution in [0.1, 0.15) is 70.4 Å². The van der Waals surface area contributed by atoms with Crippen LogP contribution in [0, 0.1) is 0 Å². The Kier molecular flexibility index (Phi) is 6.51. The van der Waals surface area contributed by atoms with Gasteiger partial charge >= 0.3 is 5.97 Å². The molecule has 2 fully saturated rings. The van der Waals surface area contributed by atoms with Crippen molar-refractivity contribution in [1.29, 1.82) is 0 Å². The summed E-state index contributed by atoms with van der Waals surface area (Å²) in [5, 5.41) is 42.7. The smallest absolute Gasteiger partial charge is 0.336 e. The third-order valence-corrected chi connectivity index (χ3v) is 10.2. The zero-order valence-corrected chi connectivity index (χ0v) is 26.6. The highest BCUT2D eigenvalue weighted by Gasteiger charge is 2.63. The molecule has 252 valence electrons. The first kappa shape index (κ1) is 31.2. The number of phenolic OH excluding ortho intramolecular Hbond substituents is 1. The first-order chi connectivity index (χ1) is 23.2. The fraction of sp³-hybridized carbons (Fsp3) is 0.333. The molecule has 4 aromatic rings. The van der Waals surface area contributed by atoms with Gasteiger partial charge in [0.25, 0.3) is 5.91 Å². The Labute approximate surface area is 277 Å². The number of hydrogen-bond acceptors (Lipinski definition) is 12. The standard InChI is InChI=1S/C36H31NO12/c1-14-24-19(7-5-16-9-17-12-36(4)37(35(3,13-38)34(45)49-36)33(44)27(17)31(43)26(16)24)30(42)32-25(14)29(41)20-10-18(6-8-22(20)48-32)47-23-11-21(39)28(40)15(2)46-23/h5-10,15,21,23,28,38-40,43H,1,11-13H2,2-4H3. The summed E-state index contributed by atoms with van der Waals surface area (Å²) in [6.07, 6.45) is -3.71. The summed E-state index contributed by atoms with van der Waals surface area (Å²) in [6.45, 7) is 8.00. The fourth-order valence-corrected chi connectivity index (χ4v) is 7.72. The van der Waals surface area contributed by atoms with E-state index in [0.717, 1.165) is 4.90 Å². The fourth-order valence-electron chi connectivity index (χ4n) is 7.72. The molecule has 0 bridgehead atoms. The molecule has 49 heavy (non-hydrogen) atoms. The third kappa shape index (κ3) is 4.13. The maximum atomic E-state index is 14.1. The Hall–Kier alpha value is -5.08. The van der Waals surface area contributed by atoms with Crippen molar-refractivity contribution in [3.63, 3.8) is 0 Å². The molecule has 4 N–H and O–H groups in total. The predicted octanol–water partition coefficient (Wildman–Crippen LogP) is 2.52. The van der Waals surface area contributed by atoms with Crippen molar-refractivity contribution < 1.29 is 53.4 Å². The van der Waals surface area contributed by atoms with Crippen molar-refractivity contribution in [2.45, 2.75) is 69.5 Å². The van der Waals surface area contributed by atoms with Gasteiger partial charge < -0.3 is 39.1 Å². The molecule has 1 aliphatic carbocycles. The number of ketones is 1. The quantitative estimate of drug-likeness (QED) is 0.206. The van der Waals surface area contributed by atoms with E-state index in [2.05, 4.69) is 6.58 Å². The Balaban J connectivity index is 1.25. The predicted molar refractivity (Wildman–Crippen MR) is 171 cm³/mol. The van der Waals surface area contributed by atoms with Gasteiger partial charge in [0, 0.05) is 29.4 Å². The van der Waals surface area contributed by atoms with Gasteiger partial charge in [0.15, 0.2) is 17.0 Å². The minimum Gasteiger partial charge on any atom is -0.506 e. The highest BCUT2D eigenvalue weighted by molar-refractivity contribution is 6.23. The molecule has 6 unspecified atom stereocenters. The van der Waals surface area contributed by atoms with Gasteiger partial charge in [-0.1, -0.05) is 12.6 Å². The number of benzene rings is 3. The van der Waals surface area contributed by atoms with Gasteiger partial charge in [-0.15, -0.1) is 0 Å². The lowest BCUT2D eigenvalue weighted by molar-refractivity contribution is -0.216. The largest absolute Gasteiger partial charge is 0.506 e. The minimum atomic E-state index is -1.69. The van der Waals surface area contributed by atoms with E-state index in [4.69, 9.17) is 18.6 Å². The van der Waals surface area contributed by atoms with E-state index in [9.17, 15) is 39.6 Å². The second-order valence-corrected chi connectivity index (χ2v) is 13.4. The number of carbonyl (C=O) groups excluding carboxylic acids is 3. The van der Waals surface area contributed by atoms with Crippen LogP contribution in [-0.2, 0) is 20.7 Å². The molecular weight excluding hydrogens is 638 g/mol. The lowest BCUT2D eigenvalue weighted by Crippen LogP contribution is -2.60. The molecule has 3 aromatic carbocycles. The van der Waals surface area contributed by atoms with Crippen LogP contribution in [-0.4, -0.2) is 85.5 Å². The van der Waals surface area contributed by atoms with E-state index in [-0.39, 0.29) is 68.5 Å². The lowest BCUT2D eigenvalue weighted by atomic mass is 9.79. The molecule has 0 spiro atoms. The number of ether oxygens (including phenoxy) is 3. The number of phenols is 1. The number of aliphatic hydroxyl groups is 3. The highest BCUT2D eigenvalue weighted by atomic mass is 16.7. The van der Waals surface area contributed by atoms with E-state index < -0.39 is 71.3 Å². The molecule has 8 rings (SSSR count). The molecule has 0 radical (unpaired) electrons. The van der Waals surface area contributed by atoms with Crippen LogP contribution in [0.3, 0.4) is 0 Å². The molecule has 13 heteroatoms. The molecule has 4 aliphatic rings. The van der Waals surface area contributed by atoms with Crippen LogP contribution in [0.4, 0.5) is 0 Å². The summed E-state index contributed by atoms with van der Waals surface area (Å²) in [5.41, 5.74) is -3.10. The first-order valence-electron chi connectivity index (χ1n) is 15.7. The van der Waals surface area contributed by atoms with Gasteiger partial charge in [0.2, 0.25) is 17.5 Å². The molecule has 2 saturated heterocycles. The third-order valence-electron chi connectivity index (χ3n) is 10.2. The van der Waals surface area contributed by atoms with Crippen LogP contribution < -0.4 is 10.2 Å². The number of hydrogen-bond donors (Lipinski definition) is 4. The topological polar surface area (TPSA) is 193 Å². The van der Waals surface area contributed by atoms with Gasteiger partial charge in [-0.05, 0) is 67.6 Å². The summed E-state index contributed by atoms with van der Waals surface area (Å²) in [7, 11) is 0. The maximum absolute atomic E-state index is 14.1. The average Bonchev–Trinajstić information content (AvgIpc) is 3.26. The summed E-state index contributed by atoms with van der Waals surface area (Å²) < 4.78 is 23.1. The number of fused-ring (bicyclic) bond motifs is 7. The number of amides is 1. The molecule has 1 amide bonds. The number of esters is 1. The number of aliphatic hydroxyl groups excluding tert-OH is 3. The summed E-state index contributed by atoms with van der Waals surface area (Å²) >= 11 is 0. The van der Waals surface area contributed by atoms with Gasteiger partial charge in [-0.2, -0.15) is 0 Å². The summed E-state index contributed by atoms with van der Waals surface area (Å²) in [6, 6.07) is 9.22. The molecular formula is C36H31NO12. The molecule has 3 aliphatic heterocycles. The lowest BCUT2D eigenvalue weighted by Gasteiger charge is -2.42. The maximum Gasteiger partial charge on any atom is 0.336 e. The molecule has 1 aromatic heterocycles. The van der Waals surface area contributed by atoms with Crippen molar-refractivity contribution >= 4 is 45.0 Å². The number of rotatable bonds is 3. The van der Waals surface area contributed by atoms with Crippen molar-refractivity contribution in [2.75, 3.05) is 6.61 Å². The van der Waals surface area contributed by atoms with E-state index >= 15 is 0 Å². The normalized spacial score (nSPS) is 29.1. The Morgan fingerprint density at radius 1 is 1.04 bits per heavy atom. The van der Waals surface area contributed by atoms with Gasteiger partial charge in [0.1, 0.15) is 23.2 Å². The van der Waals surface area contributed by atoms with Crippen LogP contribution >= 0.6 is 0 Å². The Morgan fingerprint density at radius 3 is 2.51 bits per heavy atom. The van der Waals surface area contributed by atoms with E-state index in [1.807, 2.05) is 0 Å². The Bertz CT molecular complexity index is 2260. The molecule has 13 nitrogen and oxygen atoms in total. The second-order valence-electron chi connectivity index (χ2n) is 13.4. The van der Waals surface area contributed by atoms with Crippen molar-refractivity contribution in [3.8, 4) is 11.5 Å².